The molecular formula is C15H12N6. The molecule has 21 heavy (non-hydrogen) atoms. The molecule has 2 heterocycles. The van der Waals surface area contributed by atoms with Gasteiger partial charge in [-0.25, -0.2) is 15.0 Å². The summed E-state index contributed by atoms with van der Waals surface area (Å²) in [5, 5.41) is 11.9. The molecular weight excluding hydrogens is 264 g/mol. The largest absolute Gasteiger partial charge is 0.333 e. The van der Waals surface area contributed by atoms with Crippen molar-refractivity contribution in [2.75, 3.05) is 5.32 Å². The van der Waals surface area contributed by atoms with Gasteiger partial charge in [0.1, 0.15) is 5.69 Å². The van der Waals surface area contributed by atoms with E-state index in [1.54, 1.807) is 24.5 Å². The van der Waals surface area contributed by atoms with Crippen LogP contribution >= 0.6 is 0 Å². The monoisotopic (exact) mass is 276 g/mol. The Balaban J connectivity index is 1.86. The summed E-state index contributed by atoms with van der Waals surface area (Å²) in [4.78, 5) is 12.9. The minimum atomic E-state index is 0.486. The van der Waals surface area contributed by atoms with Crippen LogP contribution in [0.15, 0.2) is 48.9 Å². The molecule has 102 valence electrons. The molecule has 3 rings (SSSR count). The van der Waals surface area contributed by atoms with Gasteiger partial charge in [0.25, 0.3) is 0 Å². The molecule has 0 unspecified atom stereocenters. The van der Waals surface area contributed by atoms with Gasteiger partial charge in [-0.2, -0.15) is 5.26 Å². The van der Waals surface area contributed by atoms with Crippen molar-refractivity contribution in [3.05, 3.63) is 54.5 Å². The first kappa shape index (κ1) is 12.8. The van der Waals surface area contributed by atoms with E-state index in [9.17, 15) is 0 Å². The lowest BCUT2D eigenvalue weighted by molar-refractivity contribution is 0.916. The van der Waals surface area contributed by atoms with Crippen molar-refractivity contribution < 1.29 is 0 Å². The predicted molar refractivity (Wildman–Crippen MR) is 78.7 cm³/mol. The summed E-state index contributed by atoms with van der Waals surface area (Å²) in [5.74, 6) is 1.26. The summed E-state index contributed by atoms with van der Waals surface area (Å²) in [6.45, 7) is 0. The van der Waals surface area contributed by atoms with Gasteiger partial charge in [0.05, 0.1) is 11.6 Å². The first-order chi connectivity index (χ1) is 10.3. The van der Waals surface area contributed by atoms with Crippen molar-refractivity contribution in [1.29, 1.82) is 5.26 Å². The minimum Gasteiger partial charge on any atom is -0.333 e. The molecule has 0 bridgehead atoms. The summed E-state index contributed by atoms with van der Waals surface area (Å²) in [6, 6.07) is 11.0. The third-order valence-corrected chi connectivity index (χ3v) is 2.98. The van der Waals surface area contributed by atoms with E-state index < -0.39 is 0 Å². The maximum atomic E-state index is 8.78. The summed E-state index contributed by atoms with van der Waals surface area (Å²) >= 11 is 0. The summed E-state index contributed by atoms with van der Waals surface area (Å²) in [6.07, 6.45) is 5.28. The lowest BCUT2D eigenvalue weighted by atomic mass is 10.2. The third kappa shape index (κ3) is 2.72. The van der Waals surface area contributed by atoms with E-state index in [1.165, 1.54) is 0 Å². The summed E-state index contributed by atoms with van der Waals surface area (Å²) < 4.78 is 1.90. The molecule has 0 spiro atoms. The van der Waals surface area contributed by atoms with Crippen LogP contribution in [0.3, 0.4) is 0 Å². The Morgan fingerprint density at radius 2 is 1.90 bits per heavy atom. The Labute approximate surface area is 121 Å². The van der Waals surface area contributed by atoms with Gasteiger partial charge < -0.3 is 9.88 Å². The number of hydrogen-bond acceptors (Lipinski definition) is 5. The smallest absolute Gasteiger partial charge is 0.227 e. The van der Waals surface area contributed by atoms with Crippen molar-refractivity contribution in [1.82, 2.24) is 19.5 Å². The van der Waals surface area contributed by atoms with Crippen LogP contribution in [0.1, 0.15) is 5.56 Å². The first-order valence-corrected chi connectivity index (χ1v) is 6.34. The normalized spacial score (nSPS) is 10.1. The van der Waals surface area contributed by atoms with Crippen LogP contribution in [0.4, 0.5) is 11.6 Å². The molecule has 0 saturated heterocycles. The number of anilines is 2. The highest BCUT2D eigenvalue weighted by Crippen LogP contribution is 2.17. The fraction of sp³-hybridized carbons (Fsp3) is 0.0667. The number of rotatable bonds is 3. The molecule has 3 aromatic rings. The summed E-state index contributed by atoms with van der Waals surface area (Å²) in [7, 11) is 1.91. The van der Waals surface area contributed by atoms with Gasteiger partial charge in [0, 0.05) is 31.3 Å². The van der Waals surface area contributed by atoms with Gasteiger partial charge >= 0.3 is 0 Å². The second-order valence-corrected chi connectivity index (χ2v) is 4.44. The van der Waals surface area contributed by atoms with E-state index in [2.05, 4.69) is 26.3 Å². The van der Waals surface area contributed by atoms with E-state index in [0.717, 1.165) is 17.2 Å². The minimum absolute atomic E-state index is 0.486. The Kier molecular flexibility index (Phi) is 3.31. The fourth-order valence-electron chi connectivity index (χ4n) is 1.91. The van der Waals surface area contributed by atoms with Crippen molar-refractivity contribution in [3.63, 3.8) is 0 Å². The number of benzene rings is 1. The molecule has 0 saturated carbocycles. The lowest BCUT2D eigenvalue weighted by Crippen LogP contribution is -2.00. The average Bonchev–Trinajstić information content (AvgIpc) is 2.94. The van der Waals surface area contributed by atoms with Gasteiger partial charge in [0.15, 0.2) is 5.82 Å². The number of aryl methyl sites for hydroxylation is 1. The molecule has 1 N–H and O–H groups in total. The molecule has 0 amide bonds. The van der Waals surface area contributed by atoms with E-state index >= 15 is 0 Å². The molecule has 0 aliphatic carbocycles. The van der Waals surface area contributed by atoms with E-state index in [4.69, 9.17) is 5.26 Å². The first-order valence-electron chi connectivity index (χ1n) is 6.34. The maximum absolute atomic E-state index is 8.78. The van der Waals surface area contributed by atoms with Gasteiger partial charge in [-0.1, -0.05) is 0 Å². The van der Waals surface area contributed by atoms with Crippen molar-refractivity contribution in [3.8, 4) is 17.6 Å². The van der Waals surface area contributed by atoms with Crippen molar-refractivity contribution in [2.45, 2.75) is 0 Å². The Hall–Kier alpha value is -3.20. The molecule has 0 atom stereocenters. The molecule has 2 aromatic heterocycles. The van der Waals surface area contributed by atoms with Gasteiger partial charge in [0.2, 0.25) is 5.95 Å². The fourth-order valence-corrected chi connectivity index (χ4v) is 1.91. The van der Waals surface area contributed by atoms with Crippen LogP contribution in [-0.4, -0.2) is 19.5 Å². The molecule has 6 heteroatoms. The van der Waals surface area contributed by atoms with Crippen LogP contribution in [0.2, 0.25) is 0 Å². The predicted octanol–water partition coefficient (Wildman–Crippen LogP) is 2.49. The van der Waals surface area contributed by atoms with Gasteiger partial charge in [-0.15, -0.1) is 0 Å². The topological polar surface area (TPSA) is 79.4 Å². The number of nitriles is 1. The second-order valence-electron chi connectivity index (χ2n) is 4.44. The van der Waals surface area contributed by atoms with Crippen LogP contribution in [0.5, 0.6) is 0 Å². The van der Waals surface area contributed by atoms with Crippen LogP contribution in [-0.2, 0) is 7.05 Å². The Morgan fingerprint density at radius 3 is 2.57 bits per heavy atom. The zero-order valence-corrected chi connectivity index (χ0v) is 11.4. The molecule has 0 aliphatic rings. The average molecular weight is 276 g/mol. The quantitative estimate of drug-likeness (QED) is 0.795. The van der Waals surface area contributed by atoms with Gasteiger partial charge in [-0.05, 0) is 30.3 Å². The van der Waals surface area contributed by atoms with E-state index in [1.807, 2.05) is 36.0 Å². The SMILES string of the molecule is Cn1ccnc1-c1ccnc(Nc2ccc(C#N)cc2)n1. The highest BCUT2D eigenvalue weighted by molar-refractivity contribution is 5.58. The molecule has 6 nitrogen and oxygen atoms in total. The summed E-state index contributed by atoms with van der Waals surface area (Å²) in [5.41, 5.74) is 2.18. The number of aromatic nitrogens is 4. The van der Waals surface area contributed by atoms with Crippen molar-refractivity contribution >= 4 is 11.6 Å². The highest BCUT2D eigenvalue weighted by Gasteiger charge is 2.06. The second kappa shape index (κ2) is 5.43. The molecule has 0 aliphatic heterocycles. The number of hydrogen-bond donors (Lipinski definition) is 1. The number of nitrogens with zero attached hydrogens (tertiary/aromatic N) is 5. The maximum Gasteiger partial charge on any atom is 0.227 e. The van der Waals surface area contributed by atoms with Crippen LogP contribution in [0.25, 0.3) is 11.5 Å². The Morgan fingerprint density at radius 1 is 1.10 bits per heavy atom. The zero-order chi connectivity index (χ0) is 14.7. The standard InChI is InChI=1S/C15H12N6/c1-21-9-8-17-14(21)13-6-7-18-15(20-13)19-12-4-2-11(10-16)3-5-12/h2-9H,1H3,(H,18,19,20). The van der Waals surface area contributed by atoms with Crippen molar-refractivity contribution in [2.24, 2.45) is 7.05 Å². The van der Waals surface area contributed by atoms with Crippen LogP contribution in [0, 0.1) is 11.3 Å². The zero-order valence-electron chi connectivity index (χ0n) is 11.4. The Bertz CT molecular complexity index is 798. The number of nitrogens with one attached hydrogen (secondary N) is 1. The van der Waals surface area contributed by atoms with Crippen LogP contribution < -0.4 is 5.32 Å². The molecule has 0 radical (unpaired) electrons. The lowest BCUT2D eigenvalue weighted by Gasteiger charge is -2.06. The van der Waals surface area contributed by atoms with E-state index in [0.29, 0.717) is 11.5 Å². The third-order valence-electron chi connectivity index (χ3n) is 2.98. The van der Waals surface area contributed by atoms with Gasteiger partial charge in [-0.3, -0.25) is 0 Å². The molecule has 1 aromatic carbocycles. The molecule has 0 fully saturated rings. The highest BCUT2D eigenvalue weighted by atomic mass is 15.1. The number of imidazole rings is 1. The van der Waals surface area contributed by atoms with E-state index in [-0.39, 0.29) is 0 Å².